The molecule has 0 radical (unpaired) electrons. The summed E-state index contributed by atoms with van der Waals surface area (Å²) < 4.78 is 13.4. The van der Waals surface area contributed by atoms with Crippen LogP contribution in [0.4, 0.5) is 10.1 Å². The third-order valence-electron chi connectivity index (χ3n) is 4.63. The lowest BCUT2D eigenvalue weighted by molar-refractivity contribution is -0.124. The molecular weight excluding hydrogens is 305 g/mol. The van der Waals surface area contributed by atoms with Crippen molar-refractivity contribution in [2.75, 3.05) is 24.5 Å². The van der Waals surface area contributed by atoms with Crippen molar-refractivity contribution in [3.8, 4) is 0 Å². The Labute approximate surface area is 142 Å². The summed E-state index contributed by atoms with van der Waals surface area (Å²) in [4.78, 5) is 18.4. The number of rotatable bonds is 4. The van der Waals surface area contributed by atoms with Crippen LogP contribution in [0.5, 0.6) is 0 Å². The predicted octanol–water partition coefficient (Wildman–Crippen LogP) is 3.36. The number of benzene rings is 1. The van der Waals surface area contributed by atoms with Crippen LogP contribution in [0, 0.1) is 17.7 Å². The van der Waals surface area contributed by atoms with E-state index in [1.807, 2.05) is 19.9 Å². The quantitative estimate of drug-likeness (QED) is 0.935. The number of carbonyl (C=O) groups is 1. The van der Waals surface area contributed by atoms with Gasteiger partial charge in [0.1, 0.15) is 5.82 Å². The van der Waals surface area contributed by atoms with Crippen LogP contribution >= 0.6 is 0 Å². The summed E-state index contributed by atoms with van der Waals surface area (Å²) in [5.74, 6) is 0.297. The lowest BCUT2D eigenvalue weighted by atomic mass is 9.96. The highest BCUT2D eigenvalue weighted by Crippen LogP contribution is 2.29. The third-order valence-corrected chi connectivity index (χ3v) is 4.63. The average Bonchev–Trinajstić information content (AvgIpc) is 2.59. The molecule has 2 heterocycles. The minimum absolute atomic E-state index is 0.0173. The standard InChI is InChI=1S/C19H24FN3O/c1-13(2)19(24)22-11-14-4-3-9-23(12-14)18-7-8-21-17-10-15(20)5-6-16(17)18/h5-8,10,13-14H,3-4,9,11-12H2,1-2H3,(H,22,24)/t14-/m1/s1. The molecule has 4 nitrogen and oxygen atoms in total. The van der Waals surface area contributed by atoms with Crippen molar-refractivity contribution in [2.45, 2.75) is 26.7 Å². The van der Waals surface area contributed by atoms with Gasteiger partial charge < -0.3 is 10.2 Å². The molecule has 0 unspecified atom stereocenters. The van der Waals surface area contributed by atoms with E-state index in [0.29, 0.717) is 18.0 Å². The monoisotopic (exact) mass is 329 g/mol. The average molecular weight is 329 g/mol. The molecule has 0 spiro atoms. The molecule has 1 atom stereocenters. The van der Waals surface area contributed by atoms with Gasteiger partial charge in [-0.15, -0.1) is 0 Å². The van der Waals surface area contributed by atoms with E-state index >= 15 is 0 Å². The van der Waals surface area contributed by atoms with Crippen LogP contribution in [0.1, 0.15) is 26.7 Å². The number of nitrogens with one attached hydrogen (secondary N) is 1. The van der Waals surface area contributed by atoms with Crippen molar-refractivity contribution in [3.63, 3.8) is 0 Å². The van der Waals surface area contributed by atoms with E-state index in [2.05, 4.69) is 15.2 Å². The van der Waals surface area contributed by atoms with E-state index < -0.39 is 0 Å². The maximum atomic E-state index is 13.4. The smallest absolute Gasteiger partial charge is 0.222 e. The summed E-state index contributed by atoms with van der Waals surface area (Å²) in [6.07, 6.45) is 3.95. The Hall–Kier alpha value is -2.17. The topological polar surface area (TPSA) is 45.2 Å². The number of amides is 1. The molecular formula is C19H24FN3O. The predicted molar refractivity (Wildman–Crippen MR) is 94.5 cm³/mol. The number of halogens is 1. The van der Waals surface area contributed by atoms with E-state index in [0.717, 1.165) is 37.0 Å². The first-order chi connectivity index (χ1) is 11.5. The Bertz CT molecular complexity index is 732. The summed E-state index contributed by atoms with van der Waals surface area (Å²) in [5.41, 5.74) is 1.78. The third kappa shape index (κ3) is 3.66. The van der Waals surface area contributed by atoms with Crippen LogP contribution in [0.25, 0.3) is 10.9 Å². The molecule has 1 N–H and O–H groups in total. The fourth-order valence-corrected chi connectivity index (χ4v) is 3.28. The Kier molecular flexibility index (Phi) is 4.97. The Morgan fingerprint density at radius 3 is 3.04 bits per heavy atom. The zero-order chi connectivity index (χ0) is 17.1. The number of carbonyl (C=O) groups excluding carboxylic acids is 1. The maximum absolute atomic E-state index is 13.4. The van der Waals surface area contributed by atoms with Crippen molar-refractivity contribution in [3.05, 3.63) is 36.3 Å². The van der Waals surface area contributed by atoms with Crippen LogP contribution < -0.4 is 10.2 Å². The number of aromatic nitrogens is 1. The molecule has 0 bridgehead atoms. The molecule has 1 fully saturated rings. The van der Waals surface area contributed by atoms with E-state index in [9.17, 15) is 9.18 Å². The fraction of sp³-hybridized carbons (Fsp3) is 0.474. The van der Waals surface area contributed by atoms with Gasteiger partial charge in [0.05, 0.1) is 5.52 Å². The first-order valence-corrected chi connectivity index (χ1v) is 8.61. The molecule has 1 aromatic carbocycles. The summed E-state index contributed by atoms with van der Waals surface area (Å²) in [5, 5.41) is 4.02. The number of fused-ring (bicyclic) bond motifs is 1. The summed E-state index contributed by atoms with van der Waals surface area (Å²) >= 11 is 0. The number of hydrogen-bond acceptors (Lipinski definition) is 3. The second kappa shape index (κ2) is 7.16. The highest BCUT2D eigenvalue weighted by Gasteiger charge is 2.22. The van der Waals surface area contributed by atoms with Gasteiger partial charge in [0, 0.05) is 48.9 Å². The zero-order valence-corrected chi connectivity index (χ0v) is 14.3. The molecule has 1 amide bonds. The van der Waals surface area contributed by atoms with Gasteiger partial charge in [0.2, 0.25) is 5.91 Å². The molecule has 24 heavy (non-hydrogen) atoms. The Morgan fingerprint density at radius 2 is 2.25 bits per heavy atom. The SMILES string of the molecule is CC(C)C(=O)NC[C@H]1CCCN(c2ccnc3cc(F)ccc23)C1. The van der Waals surface area contributed by atoms with Gasteiger partial charge in [0.25, 0.3) is 0 Å². The normalized spacial score (nSPS) is 18.2. The largest absolute Gasteiger partial charge is 0.371 e. The molecule has 1 aromatic heterocycles. The molecule has 128 valence electrons. The lowest BCUT2D eigenvalue weighted by Gasteiger charge is -2.35. The van der Waals surface area contributed by atoms with Crippen molar-refractivity contribution in [1.29, 1.82) is 0 Å². The number of pyridine rings is 1. The van der Waals surface area contributed by atoms with Crippen LogP contribution in [0.2, 0.25) is 0 Å². The molecule has 5 heteroatoms. The summed E-state index contributed by atoms with van der Waals surface area (Å²) in [6, 6.07) is 6.76. The van der Waals surface area contributed by atoms with E-state index in [1.54, 1.807) is 12.3 Å². The van der Waals surface area contributed by atoms with Crippen LogP contribution in [0.15, 0.2) is 30.5 Å². The molecule has 0 saturated carbocycles. The van der Waals surface area contributed by atoms with Crippen LogP contribution in [0.3, 0.4) is 0 Å². The van der Waals surface area contributed by atoms with Gasteiger partial charge >= 0.3 is 0 Å². The highest BCUT2D eigenvalue weighted by molar-refractivity contribution is 5.91. The van der Waals surface area contributed by atoms with Gasteiger partial charge in [0.15, 0.2) is 0 Å². The number of anilines is 1. The first kappa shape index (κ1) is 16.7. The lowest BCUT2D eigenvalue weighted by Crippen LogP contribution is -2.41. The van der Waals surface area contributed by atoms with Gasteiger partial charge in [-0.1, -0.05) is 13.8 Å². The van der Waals surface area contributed by atoms with Crippen molar-refractivity contribution in [1.82, 2.24) is 10.3 Å². The molecule has 1 saturated heterocycles. The highest BCUT2D eigenvalue weighted by atomic mass is 19.1. The van der Waals surface area contributed by atoms with Gasteiger partial charge in [-0.05, 0) is 37.0 Å². The zero-order valence-electron chi connectivity index (χ0n) is 14.3. The molecule has 2 aromatic rings. The van der Waals surface area contributed by atoms with Gasteiger partial charge in [-0.3, -0.25) is 9.78 Å². The first-order valence-electron chi connectivity index (χ1n) is 8.61. The van der Waals surface area contributed by atoms with Crippen LogP contribution in [-0.4, -0.2) is 30.5 Å². The van der Waals surface area contributed by atoms with E-state index in [4.69, 9.17) is 0 Å². The second-order valence-electron chi connectivity index (χ2n) is 6.85. The Morgan fingerprint density at radius 1 is 1.42 bits per heavy atom. The van der Waals surface area contributed by atoms with E-state index in [1.165, 1.54) is 12.1 Å². The summed E-state index contributed by atoms with van der Waals surface area (Å²) in [6.45, 7) is 6.40. The minimum Gasteiger partial charge on any atom is -0.371 e. The fourth-order valence-electron chi connectivity index (χ4n) is 3.28. The minimum atomic E-state index is -0.264. The van der Waals surface area contributed by atoms with Crippen LogP contribution in [-0.2, 0) is 4.79 Å². The van der Waals surface area contributed by atoms with Gasteiger partial charge in [-0.2, -0.15) is 0 Å². The Balaban J connectivity index is 1.74. The molecule has 1 aliphatic rings. The maximum Gasteiger partial charge on any atom is 0.222 e. The molecule has 0 aliphatic carbocycles. The number of nitrogens with zero attached hydrogens (tertiary/aromatic N) is 2. The van der Waals surface area contributed by atoms with E-state index in [-0.39, 0.29) is 17.6 Å². The molecule has 1 aliphatic heterocycles. The summed E-state index contributed by atoms with van der Waals surface area (Å²) in [7, 11) is 0. The van der Waals surface area contributed by atoms with Crippen molar-refractivity contribution < 1.29 is 9.18 Å². The molecule has 3 rings (SSSR count). The van der Waals surface area contributed by atoms with Crippen molar-refractivity contribution in [2.24, 2.45) is 11.8 Å². The second-order valence-corrected chi connectivity index (χ2v) is 6.85. The number of hydrogen-bond donors (Lipinski definition) is 1. The number of piperidine rings is 1. The van der Waals surface area contributed by atoms with Gasteiger partial charge in [-0.25, -0.2) is 4.39 Å². The van der Waals surface area contributed by atoms with Crippen molar-refractivity contribution >= 4 is 22.5 Å².